The molecule has 12 heteroatoms. The molecule has 0 radical (unpaired) electrons. The van der Waals surface area contributed by atoms with Crippen LogP contribution in [0.25, 0.3) is 22.2 Å². The Kier molecular flexibility index (Phi) is 7.17. The highest BCUT2D eigenvalue weighted by molar-refractivity contribution is 9.10. The molecule has 0 amide bonds. The summed E-state index contributed by atoms with van der Waals surface area (Å²) < 4.78 is 33.0. The van der Waals surface area contributed by atoms with Crippen LogP contribution >= 0.6 is 27.5 Å². The van der Waals surface area contributed by atoms with Crippen molar-refractivity contribution in [2.75, 3.05) is 10.5 Å². The Hall–Kier alpha value is -2.60. The van der Waals surface area contributed by atoms with Crippen molar-refractivity contribution in [3.8, 4) is 11.1 Å². The second-order valence-electron chi connectivity index (χ2n) is 7.85. The monoisotopic (exact) mass is 566 g/mol. The third kappa shape index (κ3) is 4.52. The zero-order valence-corrected chi connectivity index (χ0v) is 20.9. The number of nitrogens with one attached hydrogen (secondary N) is 1. The van der Waals surface area contributed by atoms with Crippen molar-refractivity contribution >= 4 is 61.1 Å². The zero-order valence-electron chi connectivity index (χ0n) is 17.8. The van der Waals surface area contributed by atoms with Crippen LogP contribution < -0.4 is 10.5 Å². The van der Waals surface area contributed by atoms with Crippen LogP contribution in [0.15, 0.2) is 52.4 Å². The van der Waals surface area contributed by atoms with Crippen LogP contribution in [0.3, 0.4) is 0 Å². The highest BCUT2D eigenvalue weighted by Gasteiger charge is 2.23. The molecule has 0 spiro atoms. The minimum atomic E-state index is -1.72. The molecule has 5 rings (SSSR count). The van der Waals surface area contributed by atoms with Gasteiger partial charge in [-0.05, 0) is 52.5 Å². The van der Waals surface area contributed by atoms with Crippen LogP contribution in [0.4, 0.5) is 15.9 Å². The molecule has 1 aliphatic rings. The van der Waals surface area contributed by atoms with Gasteiger partial charge in [-0.1, -0.05) is 30.5 Å². The highest BCUT2D eigenvalue weighted by Crippen LogP contribution is 2.39. The quantitative estimate of drug-likeness (QED) is 0.326. The largest absolute Gasteiger partial charge is 0.412 e. The first-order valence-corrected chi connectivity index (χ1v) is 12.6. The number of benzene rings is 1. The molecule has 0 bridgehead atoms. The summed E-state index contributed by atoms with van der Waals surface area (Å²) in [5.74, 6) is -0.185. The maximum atomic E-state index is 15.1. The van der Waals surface area contributed by atoms with E-state index in [1.54, 1.807) is 18.2 Å². The molecule has 3 aromatic heterocycles. The maximum absolute atomic E-state index is 15.1. The Balaban J connectivity index is 0.00000274. The molecular weight excluding hydrogens is 547 g/mol. The van der Waals surface area contributed by atoms with E-state index in [1.165, 1.54) is 31.4 Å². The number of pyridine rings is 1. The number of halogens is 3. The van der Waals surface area contributed by atoms with Gasteiger partial charge in [-0.2, -0.15) is 0 Å². The van der Waals surface area contributed by atoms with Gasteiger partial charge in [0.25, 0.3) is 0 Å². The smallest absolute Gasteiger partial charge is 0.151 e. The highest BCUT2D eigenvalue weighted by atomic mass is 79.9. The van der Waals surface area contributed by atoms with Gasteiger partial charge in [0.15, 0.2) is 11.0 Å². The lowest BCUT2D eigenvalue weighted by Crippen LogP contribution is -2.07. The van der Waals surface area contributed by atoms with Gasteiger partial charge in [0.05, 0.1) is 20.4 Å². The average molecular weight is 568 g/mol. The van der Waals surface area contributed by atoms with Crippen molar-refractivity contribution in [1.29, 1.82) is 0 Å². The Bertz CT molecular complexity index is 1400. The van der Waals surface area contributed by atoms with Gasteiger partial charge in [0.1, 0.15) is 28.8 Å². The molecule has 5 N–H and O–H groups in total. The van der Waals surface area contributed by atoms with Crippen molar-refractivity contribution in [3.05, 3.63) is 58.4 Å². The predicted molar refractivity (Wildman–Crippen MR) is 135 cm³/mol. The van der Waals surface area contributed by atoms with Crippen LogP contribution in [0.1, 0.15) is 31.7 Å². The summed E-state index contributed by atoms with van der Waals surface area (Å²) in [5.41, 5.74) is 8.47. The summed E-state index contributed by atoms with van der Waals surface area (Å²) in [6.45, 7) is 0. The van der Waals surface area contributed by atoms with E-state index in [9.17, 15) is 4.21 Å². The first kappa shape index (κ1) is 24.5. The Labute approximate surface area is 210 Å². The maximum Gasteiger partial charge on any atom is 0.151 e. The number of hydrogen-bond donors (Lipinski definition) is 2. The van der Waals surface area contributed by atoms with Gasteiger partial charge in [-0.3, -0.25) is 4.72 Å². The Morgan fingerprint density at radius 1 is 1.21 bits per heavy atom. The summed E-state index contributed by atoms with van der Waals surface area (Å²) in [4.78, 5) is 12.9. The number of fused-ring (bicyclic) bond motifs is 1. The first-order valence-electron chi connectivity index (χ1n) is 10.3. The fourth-order valence-electron chi connectivity index (χ4n) is 4.22. The third-order valence-corrected chi connectivity index (χ3v) is 8.02. The van der Waals surface area contributed by atoms with Crippen LogP contribution in [0.2, 0.25) is 5.15 Å². The van der Waals surface area contributed by atoms with Gasteiger partial charge in [0, 0.05) is 24.0 Å². The molecule has 1 aliphatic carbocycles. The van der Waals surface area contributed by atoms with Crippen molar-refractivity contribution in [1.82, 2.24) is 19.5 Å². The molecule has 1 aromatic carbocycles. The molecule has 178 valence electrons. The molecule has 1 saturated carbocycles. The predicted octanol–water partition coefficient (Wildman–Crippen LogP) is 5.06. The normalized spacial score (nSPS) is 14.8. The molecule has 34 heavy (non-hydrogen) atoms. The molecule has 1 unspecified atom stereocenters. The Morgan fingerprint density at radius 3 is 2.68 bits per heavy atom. The van der Waals surface area contributed by atoms with Crippen molar-refractivity contribution in [3.63, 3.8) is 0 Å². The number of aromatic nitrogens is 4. The van der Waals surface area contributed by atoms with Gasteiger partial charge in [-0.25, -0.2) is 23.6 Å². The zero-order chi connectivity index (χ0) is 23.1. The topological polar surface area (TPSA) is 130 Å². The molecule has 1 fully saturated rings. The van der Waals surface area contributed by atoms with Gasteiger partial charge in [-0.15, -0.1) is 0 Å². The summed E-state index contributed by atoms with van der Waals surface area (Å²) in [7, 11) is -1.72. The molecule has 0 aliphatic heterocycles. The number of anilines is 2. The molecule has 1 atom stereocenters. The minimum absolute atomic E-state index is 0. The fraction of sp³-hybridized carbons (Fsp3) is 0.227. The first-order chi connectivity index (χ1) is 15.9. The number of nitrogens with two attached hydrogens (primary N) is 1. The van der Waals surface area contributed by atoms with E-state index in [0.717, 1.165) is 24.1 Å². The van der Waals surface area contributed by atoms with E-state index in [1.807, 2.05) is 6.20 Å². The number of rotatable bonds is 5. The lowest BCUT2D eigenvalue weighted by atomic mass is 10.1. The van der Waals surface area contributed by atoms with E-state index in [0.29, 0.717) is 32.2 Å². The second-order valence-corrected chi connectivity index (χ2v) is 10.3. The molecule has 8 nitrogen and oxygen atoms in total. The van der Waals surface area contributed by atoms with E-state index >= 15 is 4.39 Å². The SMILES string of the molecule is Nc1ncnc2c1c(-c1ccc(NS(=O)c3cnc(Cl)c(Br)c3)c(F)c1)cn2C1CCCC1.O. The van der Waals surface area contributed by atoms with Crippen LogP contribution in [0.5, 0.6) is 0 Å². The number of nitrogens with zero attached hydrogens (tertiary/aromatic N) is 4. The summed E-state index contributed by atoms with van der Waals surface area (Å²) in [5, 5.41) is 0.969. The van der Waals surface area contributed by atoms with E-state index in [2.05, 4.69) is 40.2 Å². The van der Waals surface area contributed by atoms with E-state index < -0.39 is 16.8 Å². The van der Waals surface area contributed by atoms with Gasteiger partial charge < -0.3 is 15.8 Å². The van der Waals surface area contributed by atoms with E-state index in [4.69, 9.17) is 17.3 Å². The van der Waals surface area contributed by atoms with E-state index in [-0.39, 0.29) is 16.3 Å². The summed E-state index contributed by atoms with van der Waals surface area (Å²) in [6, 6.07) is 6.63. The van der Waals surface area contributed by atoms with Crippen LogP contribution in [-0.2, 0) is 11.0 Å². The van der Waals surface area contributed by atoms with Crippen LogP contribution in [-0.4, -0.2) is 29.2 Å². The third-order valence-electron chi connectivity index (χ3n) is 5.82. The molecular formula is C22H21BrClFN6O2S. The minimum Gasteiger partial charge on any atom is -0.412 e. The lowest BCUT2D eigenvalue weighted by molar-refractivity contribution is 0.532. The van der Waals surface area contributed by atoms with Crippen molar-refractivity contribution < 1.29 is 14.1 Å². The van der Waals surface area contributed by atoms with Crippen molar-refractivity contribution in [2.45, 2.75) is 36.6 Å². The van der Waals surface area contributed by atoms with Crippen molar-refractivity contribution in [2.24, 2.45) is 0 Å². The molecule has 0 saturated heterocycles. The lowest BCUT2D eigenvalue weighted by Gasteiger charge is -2.12. The summed E-state index contributed by atoms with van der Waals surface area (Å²) in [6.07, 6.45) is 9.32. The standard InChI is InChI=1S/C22H19BrClFN6OS.H2O/c23-16-8-14(9-27-20(16)24)33(32)30-18-6-5-12(7-17(18)25)15-10-31(13-3-1-2-4-13)22-19(15)21(26)28-11-29-22;/h5-11,13,30H,1-4H2,(H2,26,28,29);1H2. The van der Waals surface area contributed by atoms with Gasteiger partial charge in [0.2, 0.25) is 0 Å². The fourth-order valence-corrected chi connectivity index (χ4v) is 5.68. The molecule has 4 aromatic rings. The van der Waals surface area contributed by atoms with Gasteiger partial charge >= 0.3 is 0 Å². The summed E-state index contributed by atoms with van der Waals surface area (Å²) >= 11 is 9.13. The second kappa shape index (κ2) is 9.95. The average Bonchev–Trinajstić information content (AvgIpc) is 3.45. The van der Waals surface area contributed by atoms with Crippen LogP contribution in [0, 0.1) is 5.82 Å². The molecule has 3 heterocycles. The number of hydrogen-bond acceptors (Lipinski definition) is 5. The Morgan fingerprint density at radius 2 is 1.97 bits per heavy atom. The number of nitrogen functional groups attached to an aromatic ring is 1.